The van der Waals surface area contributed by atoms with Gasteiger partial charge in [-0.2, -0.15) is 4.72 Å². The molecule has 0 bridgehead atoms. The van der Waals surface area contributed by atoms with Gasteiger partial charge in [-0.1, -0.05) is 41.6 Å². The third-order valence-corrected chi connectivity index (χ3v) is 7.69. The summed E-state index contributed by atoms with van der Waals surface area (Å²) in [5.41, 5.74) is 2.68. The molecule has 1 aliphatic carbocycles. The van der Waals surface area contributed by atoms with E-state index in [-0.39, 0.29) is 40.6 Å². The molecule has 4 rings (SSSR count). The van der Waals surface area contributed by atoms with E-state index in [4.69, 9.17) is 9.26 Å². The number of methoxy groups -OCH3 is 1. The first-order valence-electron chi connectivity index (χ1n) is 10.5. The lowest BCUT2D eigenvalue weighted by Gasteiger charge is -2.23. The quantitative estimate of drug-likeness (QED) is 0.533. The summed E-state index contributed by atoms with van der Waals surface area (Å²) in [6.45, 7) is 3.00. The van der Waals surface area contributed by atoms with Crippen LogP contribution in [0.4, 0.5) is 4.39 Å². The van der Waals surface area contributed by atoms with E-state index in [2.05, 4.69) is 9.88 Å². The fourth-order valence-electron chi connectivity index (χ4n) is 4.56. The second-order valence-electron chi connectivity index (χ2n) is 8.25. The smallest absolute Gasteiger partial charge is 0.246 e. The van der Waals surface area contributed by atoms with Crippen molar-refractivity contribution in [3.63, 3.8) is 0 Å². The normalized spacial score (nSPS) is 18.8. The second-order valence-corrected chi connectivity index (χ2v) is 9.90. The van der Waals surface area contributed by atoms with Crippen molar-refractivity contribution >= 4 is 15.8 Å². The maximum atomic E-state index is 13.5. The van der Waals surface area contributed by atoms with Crippen LogP contribution in [0.25, 0.3) is 0 Å². The van der Waals surface area contributed by atoms with Gasteiger partial charge in [0.15, 0.2) is 11.5 Å². The van der Waals surface area contributed by atoms with E-state index in [0.29, 0.717) is 12.0 Å². The van der Waals surface area contributed by atoms with Crippen molar-refractivity contribution in [1.82, 2.24) is 9.88 Å². The Bertz CT molecular complexity index is 1250. The van der Waals surface area contributed by atoms with Crippen LogP contribution in [-0.4, -0.2) is 26.5 Å². The number of hydrogen-bond acceptors (Lipinski definition) is 6. The molecule has 0 spiro atoms. The van der Waals surface area contributed by atoms with E-state index in [9.17, 15) is 17.6 Å². The highest BCUT2D eigenvalue weighted by molar-refractivity contribution is 7.89. The molecule has 0 amide bonds. The van der Waals surface area contributed by atoms with Gasteiger partial charge in [-0.15, -0.1) is 0 Å². The number of sulfonamides is 1. The molecule has 0 saturated carbocycles. The average Bonchev–Trinajstić information content (AvgIpc) is 3.31. The number of nitrogens with zero attached hydrogens (tertiary/aromatic N) is 1. The van der Waals surface area contributed by atoms with Crippen LogP contribution in [0.1, 0.15) is 46.7 Å². The maximum Gasteiger partial charge on any atom is 0.246 e. The minimum absolute atomic E-state index is 0.0827. The Morgan fingerprint density at radius 3 is 2.55 bits per heavy atom. The molecule has 1 aromatic heterocycles. The fourth-order valence-corrected chi connectivity index (χ4v) is 6.10. The lowest BCUT2D eigenvalue weighted by atomic mass is 9.91. The van der Waals surface area contributed by atoms with E-state index < -0.39 is 21.9 Å². The summed E-state index contributed by atoms with van der Waals surface area (Å²) in [6, 6.07) is 11.9. The summed E-state index contributed by atoms with van der Waals surface area (Å²) in [6.07, 6.45) is 0.463. The molecule has 3 atom stereocenters. The number of halogens is 1. The molecule has 0 fully saturated rings. The zero-order valence-corrected chi connectivity index (χ0v) is 19.4. The highest BCUT2D eigenvalue weighted by Gasteiger charge is 2.37. The molecule has 9 heteroatoms. The largest absolute Gasteiger partial charge is 0.376 e. The van der Waals surface area contributed by atoms with Gasteiger partial charge in [-0.05, 0) is 49.1 Å². The van der Waals surface area contributed by atoms with Crippen LogP contribution in [0.15, 0.2) is 57.9 Å². The van der Waals surface area contributed by atoms with E-state index in [1.165, 1.54) is 38.1 Å². The molecule has 2 aromatic carbocycles. The zero-order valence-electron chi connectivity index (χ0n) is 18.5. The molecule has 174 valence electrons. The molecule has 1 heterocycles. The van der Waals surface area contributed by atoms with Gasteiger partial charge in [0, 0.05) is 19.4 Å². The summed E-state index contributed by atoms with van der Waals surface area (Å²) in [4.78, 5) is 13.4. The fraction of sp³-hybridized carbons (Fsp3) is 0.333. The highest BCUT2D eigenvalue weighted by atomic mass is 32.2. The number of Topliss-reactive ketones (excluding diaryl/α,β-unsaturated/α-hetero) is 1. The Morgan fingerprint density at radius 2 is 1.91 bits per heavy atom. The van der Waals surface area contributed by atoms with Crippen molar-refractivity contribution in [1.29, 1.82) is 0 Å². The number of carbonyl (C=O) groups is 1. The molecule has 7 nitrogen and oxygen atoms in total. The number of rotatable bonds is 8. The molecule has 3 aromatic rings. The Balaban J connectivity index is 1.64. The molecule has 1 N–H and O–H groups in total. The van der Waals surface area contributed by atoms with Crippen LogP contribution in [0.3, 0.4) is 0 Å². The first-order chi connectivity index (χ1) is 15.7. The monoisotopic (exact) mass is 472 g/mol. The van der Waals surface area contributed by atoms with Gasteiger partial charge in [0.25, 0.3) is 0 Å². The topological polar surface area (TPSA) is 98.5 Å². The summed E-state index contributed by atoms with van der Waals surface area (Å²) in [5, 5.41) is 3.70. The lowest BCUT2D eigenvalue weighted by Crippen LogP contribution is -2.35. The minimum atomic E-state index is -4.14. The second kappa shape index (κ2) is 9.17. The van der Waals surface area contributed by atoms with E-state index in [1.807, 2.05) is 24.3 Å². The molecule has 33 heavy (non-hydrogen) atoms. The molecular weight excluding hydrogens is 447 g/mol. The summed E-state index contributed by atoms with van der Waals surface area (Å²) in [5.74, 6) is -0.844. The van der Waals surface area contributed by atoms with Crippen LogP contribution in [0, 0.1) is 25.6 Å². The Kier molecular flexibility index (Phi) is 6.47. The Morgan fingerprint density at radius 1 is 1.21 bits per heavy atom. The number of hydrogen-bond donors (Lipinski definition) is 1. The number of ketones is 1. The summed E-state index contributed by atoms with van der Waals surface area (Å²) < 4.78 is 53.0. The van der Waals surface area contributed by atoms with Crippen molar-refractivity contribution in [2.45, 2.75) is 43.7 Å². The molecule has 1 unspecified atom stereocenters. The van der Waals surface area contributed by atoms with Crippen LogP contribution in [0.5, 0.6) is 0 Å². The van der Waals surface area contributed by atoms with Crippen LogP contribution in [0.2, 0.25) is 0 Å². The van der Waals surface area contributed by atoms with Crippen LogP contribution >= 0.6 is 0 Å². The minimum Gasteiger partial charge on any atom is -0.376 e. The maximum absolute atomic E-state index is 13.5. The molecule has 1 aliphatic rings. The number of carbonyl (C=O) groups excluding carboxylic acids is 1. The van der Waals surface area contributed by atoms with Crippen molar-refractivity contribution in [2.24, 2.45) is 5.92 Å². The van der Waals surface area contributed by atoms with Crippen LogP contribution < -0.4 is 4.72 Å². The Labute approximate surface area is 192 Å². The van der Waals surface area contributed by atoms with E-state index in [0.717, 1.165) is 11.1 Å². The van der Waals surface area contributed by atoms with Gasteiger partial charge in [-0.25, -0.2) is 12.8 Å². The van der Waals surface area contributed by atoms with Crippen molar-refractivity contribution < 1.29 is 26.9 Å². The Hall–Kier alpha value is -2.88. The first-order valence-corrected chi connectivity index (χ1v) is 12.0. The SMILES string of the molecule is COC1c2ccccc2C[C@@H]1CC(=O)[C@@H](NS(=O)(=O)c1c(C)noc1C)c1ccc(F)cc1. The predicted octanol–water partition coefficient (Wildman–Crippen LogP) is 3.97. The van der Waals surface area contributed by atoms with Gasteiger partial charge in [0.05, 0.1) is 6.10 Å². The lowest BCUT2D eigenvalue weighted by molar-refractivity contribution is -0.122. The predicted molar refractivity (Wildman–Crippen MR) is 118 cm³/mol. The highest BCUT2D eigenvalue weighted by Crippen LogP contribution is 2.41. The number of nitrogens with one attached hydrogen (secondary N) is 1. The van der Waals surface area contributed by atoms with Gasteiger partial charge in [0.2, 0.25) is 10.0 Å². The molecule has 0 radical (unpaired) electrons. The number of aryl methyl sites for hydroxylation is 2. The number of ether oxygens (including phenoxy) is 1. The van der Waals surface area contributed by atoms with Crippen molar-refractivity contribution in [2.75, 3.05) is 7.11 Å². The van der Waals surface area contributed by atoms with Crippen molar-refractivity contribution in [3.8, 4) is 0 Å². The third kappa shape index (κ3) is 4.62. The molecule has 0 aliphatic heterocycles. The van der Waals surface area contributed by atoms with E-state index >= 15 is 0 Å². The van der Waals surface area contributed by atoms with E-state index in [1.54, 1.807) is 7.11 Å². The summed E-state index contributed by atoms with van der Waals surface area (Å²) in [7, 11) is -2.54. The van der Waals surface area contributed by atoms with Gasteiger partial charge in [0.1, 0.15) is 22.4 Å². The molecule has 0 saturated heterocycles. The average molecular weight is 473 g/mol. The summed E-state index contributed by atoms with van der Waals surface area (Å²) >= 11 is 0. The number of benzene rings is 2. The van der Waals surface area contributed by atoms with Gasteiger partial charge in [-0.3, -0.25) is 4.79 Å². The molecular formula is C24H25FN2O5S. The van der Waals surface area contributed by atoms with Crippen molar-refractivity contribution in [3.05, 3.63) is 82.5 Å². The van der Waals surface area contributed by atoms with Crippen LogP contribution in [-0.2, 0) is 26.0 Å². The number of aromatic nitrogens is 1. The van der Waals surface area contributed by atoms with Gasteiger partial charge < -0.3 is 9.26 Å². The number of fused-ring (bicyclic) bond motifs is 1. The standard InChI is InChI=1S/C24H25FN2O5S/c1-14-24(15(2)32-26-14)33(29,30)27-22(16-8-10-19(25)11-9-16)21(28)13-18-12-17-6-4-5-7-20(17)23(18)31-3/h4-11,18,22-23,27H,12-13H2,1-3H3/t18-,22+,23?/m1/s1. The first kappa shape index (κ1) is 23.3. The third-order valence-electron chi connectivity index (χ3n) is 6.02. The zero-order chi connectivity index (χ0) is 23.8. The van der Waals surface area contributed by atoms with Gasteiger partial charge >= 0.3 is 0 Å².